The number of halogens is 2. The Morgan fingerprint density at radius 2 is 2.08 bits per heavy atom. The Morgan fingerprint density at radius 1 is 1.33 bits per heavy atom. The van der Waals surface area contributed by atoms with E-state index >= 15 is 0 Å². The van der Waals surface area contributed by atoms with Gasteiger partial charge in [0.2, 0.25) is 0 Å². The highest BCUT2D eigenvalue weighted by Crippen LogP contribution is 2.36. The van der Waals surface area contributed by atoms with E-state index in [1.807, 2.05) is 27.0 Å². The molecular formula is C18H16Cl2N2O2. The molecule has 124 valence electrons. The van der Waals surface area contributed by atoms with Gasteiger partial charge in [0, 0.05) is 23.3 Å². The normalized spacial score (nSPS) is 13.6. The molecule has 4 nitrogen and oxygen atoms in total. The van der Waals surface area contributed by atoms with E-state index in [4.69, 9.17) is 27.9 Å². The van der Waals surface area contributed by atoms with E-state index in [-0.39, 0.29) is 5.78 Å². The quantitative estimate of drug-likeness (QED) is 0.593. The molecule has 2 aromatic rings. The second kappa shape index (κ2) is 6.46. The largest absolute Gasteiger partial charge is 0.487 e. The van der Waals surface area contributed by atoms with Gasteiger partial charge in [-0.05, 0) is 43.7 Å². The van der Waals surface area contributed by atoms with Crippen LogP contribution in [0.1, 0.15) is 27.3 Å². The summed E-state index contributed by atoms with van der Waals surface area (Å²) < 4.78 is 7.38. The van der Waals surface area contributed by atoms with Crippen molar-refractivity contribution in [1.82, 2.24) is 9.78 Å². The molecule has 3 rings (SSSR count). The van der Waals surface area contributed by atoms with Gasteiger partial charge in [0.05, 0.1) is 16.3 Å². The van der Waals surface area contributed by atoms with Crippen molar-refractivity contribution >= 4 is 35.1 Å². The van der Waals surface area contributed by atoms with E-state index in [2.05, 4.69) is 5.10 Å². The van der Waals surface area contributed by atoms with E-state index in [1.54, 1.807) is 29.0 Å². The summed E-state index contributed by atoms with van der Waals surface area (Å²) in [4.78, 5) is 12.4. The molecule has 0 bridgehead atoms. The van der Waals surface area contributed by atoms with E-state index in [1.165, 1.54) is 0 Å². The van der Waals surface area contributed by atoms with E-state index in [9.17, 15) is 4.79 Å². The molecule has 6 heteroatoms. The number of allylic oxidation sites excluding steroid dienone is 1. The number of hydrogen-bond acceptors (Lipinski definition) is 3. The highest BCUT2D eigenvalue weighted by molar-refractivity contribution is 6.36. The topological polar surface area (TPSA) is 44.1 Å². The minimum atomic E-state index is -0.0751. The first kappa shape index (κ1) is 16.8. The Labute approximate surface area is 150 Å². The van der Waals surface area contributed by atoms with Crippen LogP contribution in [0.25, 0.3) is 6.08 Å². The summed E-state index contributed by atoms with van der Waals surface area (Å²) in [6.07, 6.45) is 5.22. The van der Waals surface area contributed by atoms with Crippen molar-refractivity contribution < 1.29 is 9.53 Å². The summed E-state index contributed by atoms with van der Waals surface area (Å²) in [5.41, 5.74) is 3.88. The van der Waals surface area contributed by atoms with Gasteiger partial charge in [-0.2, -0.15) is 5.10 Å². The molecule has 0 unspecified atom stereocenters. The smallest absolute Gasteiger partial charge is 0.189 e. The van der Waals surface area contributed by atoms with Crippen LogP contribution in [-0.2, 0) is 7.05 Å². The number of fused-ring (bicyclic) bond motifs is 1. The second-order valence-corrected chi connectivity index (χ2v) is 6.52. The molecule has 0 saturated carbocycles. The van der Waals surface area contributed by atoms with Crippen molar-refractivity contribution in [3.05, 3.63) is 62.4 Å². The maximum Gasteiger partial charge on any atom is 0.189 e. The van der Waals surface area contributed by atoms with Gasteiger partial charge >= 0.3 is 0 Å². The molecule has 0 amide bonds. The Balaban J connectivity index is 1.87. The van der Waals surface area contributed by atoms with E-state index in [0.29, 0.717) is 28.0 Å². The fourth-order valence-electron chi connectivity index (χ4n) is 2.73. The monoisotopic (exact) mass is 362 g/mol. The highest BCUT2D eigenvalue weighted by atomic mass is 35.5. The first-order valence-electron chi connectivity index (χ1n) is 7.42. The number of carbonyl (C=O) groups is 1. The van der Waals surface area contributed by atoms with Crippen LogP contribution in [0.2, 0.25) is 10.0 Å². The number of nitrogens with zero attached hydrogens (tertiary/aromatic N) is 2. The van der Waals surface area contributed by atoms with Crippen molar-refractivity contribution in [1.29, 1.82) is 0 Å². The van der Waals surface area contributed by atoms with Gasteiger partial charge < -0.3 is 4.74 Å². The third kappa shape index (κ3) is 3.12. The first-order valence-corrected chi connectivity index (χ1v) is 8.17. The van der Waals surface area contributed by atoms with Gasteiger partial charge in [0.15, 0.2) is 5.78 Å². The molecule has 24 heavy (non-hydrogen) atoms. The summed E-state index contributed by atoms with van der Waals surface area (Å²) in [7, 11) is 1.82. The van der Waals surface area contributed by atoms with Crippen molar-refractivity contribution in [2.24, 2.45) is 7.05 Å². The molecule has 0 saturated heterocycles. The van der Waals surface area contributed by atoms with Crippen LogP contribution >= 0.6 is 23.2 Å². The summed E-state index contributed by atoms with van der Waals surface area (Å²) >= 11 is 12.1. The summed E-state index contributed by atoms with van der Waals surface area (Å²) in [5.74, 6) is 0.539. The third-order valence-corrected chi connectivity index (χ3v) is 4.46. The maximum absolute atomic E-state index is 12.4. The Hall–Kier alpha value is -2.04. The number of ketones is 1. The molecule has 0 N–H and O–H groups in total. The van der Waals surface area contributed by atoms with Gasteiger partial charge in [-0.15, -0.1) is 0 Å². The maximum atomic E-state index is 12.4. The molecule has 1 aromatic carbocycles. The minimum absolute atomic E-state index is 0.0751. The standard InChI is InChI=1S/C18H16Cl2N2O2/c1-10-17(11(2)22(3)21-10)16(23)5-4-12-6-13-7-14(19)8-15(20)18(13)24-9-12/h4-8H,9H2,1-3H3/b5-4+. The number of hydrogen-bond donors (Lipinski definition) is 0. The zero-order chi connectivity index (χ0) is 17.4. The predicted molar refractivity (Wildman–Crippen MR) is 96.1 cm³/mol. The average molecular weight is 363 g/mol. The molecular weight excluding hydrogens is 347 g/mol. The van der Waals surface area contributed by atoms with Crippen LogP contribution in [0.5, 0.6) is 5.75 Å². The number of aryl methyl sites for hydroxylation is 2. The SMILES string of the molecule is Cc1nn(C)c(C)c1C(=O)/C=C/C1=Cc2cc(Cl)cc(Cl)c2OC1. The Kier molecular flexibility index (Phi) is 4.52. The summed E-state index contributed by atoms with van der Waals surface area (Å²) in [6, 6.07) is 3.43. The second-order valence-electron chi connectivity index (χ2n) is 5.68. The van der Waals surface area contributed by atoms with Crippen molar-refractivity contribution in [2.45, 2.75) is 13.8 Å². The van der Waals surface area contributed by atoms with Crippen molar-refractivity contribution in [2.75, 3.05) is 6.61 Å². The van der Waals surface area contributed by atoms with Crippen molar-refractivity contribution in [3.8, 4) is 5.75 Å². The van der Waals surface area contributed by atoms with Crippen LogP contribution < -0.4 is 4.74 Å². The molecule has 0 aliphatic carbocycles. The average Bonchev–Trinajstić information content (AvgIpc) is 2.77. The number of carbonyl (C=O) groups excluding carboxylic acids is 1. The molecule has 0 spiro atoms. The summed E-state index contributed by atoms with van der Waals surface area (Å²) in [5, 5.41) is 5.29. The van der Waals surface area contributed by atoms with E-state index in [0.717, 1.165) is 22.5 Å². The molecule has 0 radical (unpaired) electrons. The van der Waals surface area contributed by atoms with Crippen LogP contribution in [0, 0.1) is 13.8 Å². The molecule has 0 fully saturated rings. The van der Waals surface area contributed by atoms with Gasteiger partial charge in [-0.25, -0.2) is 0 Å². The van der Waals surface area contributed by atoms with E-state index < -0.39 is 0 Å². The predicted octanol–water partition coefficient (Wildman–Crippen LogP) is 4.56. The zero-order valence-corrected chi connectivity index (χ0v) is 15.1. The lowest BCUT2D eigenvalue weighted by atomic mass is 10.0. The number of ether oxygens (including phenoxy) is 1. The lowest BCUT2D eigenvalue weighted by molar-refractivity contribution is 0.104. The molecule has 1 aliphatic heterocycles. The number of benzene rings is 1. The van der Waals surface area contributed by atoms with Gasteiger partial charge in [-0.3, -0.25) is 9.48 Å². The fourth-order valence-corrected chi connectivity index (χ4v) is 3.29. The van der Waals surface area contributed by atoms with Gasteiger partial charge in [0.25, 0.3) is 0 Å². The number of rotatable bonds is 3. The first-order chi connectivity index (χ1) is 11.4. The van der Waals surface area contributed by atoms with Crippen molar-refractivity contribution in [3.63, 3.8) is 0 Å². The van der Waals surface area contributed by atoms with Crippen LogP contribution in [0.4, 0.5) is 0 Å². The molecule has 0 atom stereocenters. The highest BCUT2D eigenvalue weighted by Gasteiger charge is 2.17. The van der Waals surface area contributed by atoms with Crippen LogP contribution in [0.15, 0.2) is 29.9 Å². The molecule has 1 aromatic heterocycles. The Bertz CT molecular complexity index is 895. The fraction of sp³-hybridized carbons (Fsp3) is 0.222. The van der Waals surface area contributed by atoms with Gasteiger partial charge in [0.1, 0.15) is 12.4 Å². The van der Waals surface area contributed by atoms with Gasteiger partial charge in [-0.1, -0.05) is 29.3 Å². The molecule has 2 heterocycles. The lowest BCUT2D eigenvalue weighted by Gasteiger charge is -2.17. The zero-order valence-electron chi connectivity index (χ0n) is 13.6. The van der Waals surface area contributed by atoms with Crippen LogP contribution in [-0.4, -0.2) is 22.2 Å². The Morgan fingerprint density at radius 3 is 2.75 bits per heavy atom. The third-order valence-electron chi connectivity index (χ3n) is 3.97. The number of aromatic nitrogens is 2. The van der Waals surface area contributed by atoms with Crippen LogP contribution in [0.3, 0.4) is 0 Å². The summed E-state index contributed by atoms with van der Waals surface area (Å²) in [6.45, 7) is 4.06. The minimum Gasteiger partial charge on any atom is -0.487 e. The lowest BCUT2D eigenvalue weighted by Crippen LogP contribution is -2.07. The molecule has 1 aliphatic rings.